The van der Waals surface area contributed by atoms with Crippen LogP contribution >= 0.6 is 0 Å². The number of aryl methyl sites for hydroxylation is 1. The average Bonchev–Trinajstić information content (AvgIpc) is 2.26. The lowest BCUT2D eigenvalue weighted by Gasteiger charge is -2.22. The van der Waals surface area contributed by atoms with Crippen LogP contribution < -0.4 is 16.2 Å². The lowest BCUT2D eigenvalue weighted by Crippen LogP contribution is -2.52. The summed E-state index contributed by atoms with van der Waals surface area (Å²) >= 11 is 0. The van der Waals surface area contributed by atoms with Crippen molar-refractivity contribution in [1.82, 2.24) is 4.72 Å². The Morgan fingerprint density at radius 2 is 1.95 bits per heavy atom. The van der Waals surface area contributed by atoms with Gasteiger partial charge in [0.25, 0.3) is 0 Å². The van der Waals surface area contributed by atoms with E-state index < -0.39 is 21.5 Å². The first-order chi connectivity index (χ1) is 8.60. The number of hydrogen-bond donors (Lipinski definition) is 3. The van der Waals surface area contributed by atoms with E-state index in [-0.39, 0.29) is 4.90 Å². The molecule has 1 aromatic rings. The minimum atomic E-state index is -3.81. The lowest BCUT2D eigenvalue weighted by molar-refractivity contribution is -0.122. The molecule has 0 aliphatic rings. The van der Waals surface area contributed by atoms with Crippen LogP contribution in [0, 0.1) is 6.92 Å². The molecule has 0 bridgehead atoms. The van der Waals surface area contributed by atoms with Crippen molar-refractivity contribution in [2.45, 2.75) is 37.8 Å². The maximum absolute atomic E-state index is 12.2. The van der Waals surface area contributed by atoms with Crippen LogP contribution in [0.5, 0.6) is 0 Å². The van der Waals surface area contributed by atoms with Crippen molar-refractivity contribution in [3.05, 3.63) is 29.3 Å². The largest absolute Gasteiger partial charge is 0.368 e. The molecule has 106 valence electrons. The number of sulfonamides is 1. The zero-order chi connectivity index (χ0) is 14.8. The second-order valence-electron chi connectivity index (χ2n) is 4.90. The fourth-order valence-corrected chi connectivity index (χ4v) is 3.19. The molecular weight excluding hydrogens is 266 g/mol. The molecule has 0 aliphatic heterocycles. The summed E-state index contributed by atoms with van der Waals surface area (Å²) in [6.07, 6.45) is 0. The first-order valence-corrected chi connectivity index (χ1v) is 7.22. The number of primary amides is 1. The van der Waals surface area contributed by atoms with E-state index in [9.17, 15) is 13.2 Å². The number of hydrogen-bond acceptors (Lipinski definition) is 4. The van der Waals surface area contributed by atoms with Gasteiger partial charge in [-0.2, -0.15) is 4.72 Å². The van der Waals surface area contributed by atoms with E-state index in [0.717, 1.165) is 5.56 Å². The third-order valence-corrected chi connectivity index (χ3v) is 4.59. The maximum Gasteiger partial charge on any atom is 0.241 e. The molecule has 1 amide bonds. The van der Waals surface area contributed by atoms with Crippen molar-refractivity contribution in [3.8, 4) is 0 Å². The van der Waals surface area contributed by atoms with Crippen LogP contribution in [0.1, 0.15) is 25.0 Å². The molecule has 1 aromatic carbocycles. The number of benzene rings is 1. The van der Waals surface area contributed by atoms with E-state index in [1.807, 2.05) is 0 Å². The van der Waals surface area contributed by atoms with Crippen molar-refractivity contribution >= 4 is 15.9 Å². The maximum atomic E-state index is 12.2. The van der Waals surface area contributed by atoms with Gasteiger partial charge in [-0.25, -0.2) is 8.42 Å². The number of carbonyl (C=O) groups is 1. The van der Waals surface area contributed by atoms with Gasteiger partial charge in [0, 0.05) is 6.54 Å². The van der Waals surface area contributed by atoms with E-state index in [0.29, 0.717) is 12.1 Å². The molecule has 0 unspecified atom stereocenters. The van der Waals surface area contributed by atoms with E-state index in [1.165, 1.54) is 19.9 Å². The van der Waals surface area contributed by atoms with Gasteiger partial charge < -0.3 is 11.5 Å². The highest BCUT2D eigenvalue weighted by Crippen LogP contribution is 2.18. The highest BCUT2D eigenvalue weighted by atomic mass is 32.2. The number of nitrogens with one attached hydrogen (secondary N) is 1. The Bertz CT molecular complexity index is 594. The summed E-state index contributed by atoms with van der Waals surface area (Å²) in [7, 11) is -3.81. The first kappa shape index (κ1) is 15.6. The summed E-state index contributed by atoms with van der Waals surface area (Å²) in [5.74, 6) is -0.743. The van der Waals surface area contributed by atoms with Crippen molar-refractivity contribution in [2.75, 3.05) is 0 Å². The molecule has 0 saturated heterocycles. The van der Waals surface area contributed by atoms with E-state index in [2.05, 4.69) is 4.72 Å². The van der Waals surface area contributed by atoms with Crippen LogP contribution in [0.15, 0.2) is 23.1 Å². The van der Waals surface area contributed by atoms with Gasteiger partial charge in [-0.1, -0.05) is 12.1 Å². The minimum absolute atomic E-state index is 0.110. The fourth-order valence-electron chi connectivity index (χ4n) is 1.58. The van der Waals surface area contributed by atoms with Gasteiger partial charge in [0.2, 0.25) is 15.9 Å². The van der Waals surface area contributed by atoms with Crippen LogP contribution in [0.2, 0.25) is 0 Å². The van der Waals surface area contributed by atoms with Crippen molar-refractivity contribution in [2.24, 2.45) is 11.5 Å². The lowest BCUT2D eigenvalue weighted by atomic mass is 10.1. The Balaban J connectivity index is 3.18. The Hall–Kier alpha value is -1.44. The third-order valence-electron chi connectivity index (χ3n) is 2.77. The van der Waals surface area contributed by atoms with Crippen molar-refractivity contribution < 1.29 is 13.2 Å². The fraction of sp³-hybridized carbons (Fsp3) is 0.417. The summed E-state index contributed by atoms with van der Waals surface area (Å²) < 4.78 is 26.7. The molecule has 0 aliphatic carbocycles. The predicted octanol–water partition coefficient (Wildman–Crippen LogP) is -0.00408. The monoisotopic (exact) mass is 285 g/mol. The number of rotatable bonds is 5. The molecule has 0 radical (unpaired) electrons. The van der Waals surface area contributed by atoms with Crippen LogP contribution in [-0.2, 0) is 21.4 Å². The van der Waals surface area contributed by atoms with Crippen LogP contribution in [0.25, 0.3) is 0 Å². The number of nitrogens with two attached hydrogens (primary N) is 2. The van der Waals surface area contributed by atoms with Gasteiger partial charge in [0.1, 0.15) is 5.54 Å². The summed E-state index contributed by atoms with van der Waals surface area (Å²) in [6, 6.07) is 4.81. The zero-order valence-electron chi connectivity index (χ0n) is 11.2. The Labute approximate surface area is 113 Å². The Kier molecular flexibility index (Phi) is 4.34. The molecule has 1 rings (SSSR count). The summed E-state index contributed by atoms with van der Waals surface area (Å²) in [6.45, 7) is 4.83. The highest BCUT2D eigenvalue weighted by molar-refractivity contribution is 7.89. The van der Waals surface area contributed by atoms with Gasteiger partial charge in [-0.15, -0.1) is 0 Å². The molecule has 6 nitrogen and oxygen atoms in total. The van der Waals surface area contributed by atoms with Crippen LogP contribution in [0.3, 0.4) is 0 Å². The van der Waals surface area contributed by atoms with Gasteiger partial charge >= 0.3 is 0 Å². The third kappa shape index (κ3) is 3.52. The van der Waals surface area contributed by atoms with Gasteiger partial charge in [0.15, 0.2) is 0 Å². The van der Waals surface area contributed by atoms with E-state index >= 15 is 0 Å². The molecule has 0 fully saturated rings. The first-order valence-electron chi connectivity index (χ1n) is 5.73. The van der Waals surface area contributed by atoms with Crippen molar-refractivity contribution in [1.29, 1.82) is 0 Å². The molecule has 5 N–H and O–H groups in total. The Morgan fingerprint density at radius 1 is 1.37 bits per heavy atom. The summed E-state index contributed by atoms with van der Waals surface area (Å²) in [5, 5.41) is 0. The SMILES string of the molecule is Cc1cc(CN)ccc1S(=O)(=O)NC(C)(C)C(N)=O. The topological polar surface area (TPSA) is 115 Å². The summed E-state index contributed by atoms with van der Waals surface area (Å²) in [5.41, 5.74) is 10.7. The molecule has 7 heteroatoms. The molecular formula is C12H19N3O3S. The number of carbonyl (C=O) groups excluding carboxylic acids is 1. The predicted molar refractivity (Wildman–Crippen MR) is 72.7 cm³/mol. The minimum Gasteiger partial charge on any atom is -0.368 e. The molecule has 0 aromatic heterocycles. The molecule has 0 atom stereocenters. The van der Waals surface area contributed by atoms with E-state index in [1.54, 1.807) is 19.1 Å². The highest BCUT2D eigenvalue weighted by Gasteiger charge is 2.31. The average molecular weight is 285 g/mol. The van der Waals surface area contributed by atoms with E-state index in [4.69, 9.17) is 11.5 Å². The quantitative estimate of drug-likeness (QED) is 0.706. The van der Waals surface area contributed by atoms with Gasteiger partial charge in [0.05, 0.1) is 4.90 Å². The van der Waals surface area contributed by atoms with Crippen LogP contribution in [0.4, 0.5) is 0 Å². The molecule has 0 heterocycles. The van der Waals surface area contributed by atoms with Crippen molar-refractivity contribution in [3.63, 3.8) is 0 Å². The summed E-state index contributed by atoms with van der Waals surface area (Å²) in [4.78, 5) is 11.3. The zero-order valence-corrected chi connectivity index (χ0v) is 12.0. The molecule has 0 spiro atoms. The second kappa shape index (κ2) is 5.28. The molecule has 0 saturated carbocycles. The Morgan fingerprint density at radius 3 is 2.37 bits per heavy atom. The van der Waals surface area contributed by atoms with Gasteiger partial charge in [-0.05, 0) is 38.0 Å². The second-order valence-corrected chi connectivity index (χ2v) is 6.55. The normalized spacial score (nSPS) is 12.4. The van der Waals surface area contributed by atoms with Crippen LogP contribution in [-0.4, -0.2) is 19.9 Å². The smallest absolute Gasteiger partial charge is 0.241 e. The molecule has 19 heavy (non-hydrogen) atoms. The number of amides is 1. The van der Waals surface area contributed by atoms with Gasteiger partial charge in [-0.3, -0.25) is 4.79 Å². The standard InChI is InChI=1S/C12H19N3O3S/c1-8-6-9(7-13)4-5-10(8)19(17,18)15-12(2,3)11(14)16/h4-6,15H,7,13H2,1-3H3,(H2,14,16).